The van der Waals surface area contributed by atoms with Crippen LogP contribution in [0.3, 0.4) is 0 Å². The molecule has 3 aromatic carbocycles. The Morgan fingerprint density at radius 2 is 1.55 bits per heavy atom. The predicted octanol–water partition coefficient (Wildman–Crippen LogP) is 4.73. The number of nitrogens with one attached hydrogen (secondary N) is 1. The van der Waals surface area contributed by atoms with Gasteiger partial charge in [0, 0.05) is 27.9 Å². The predicted molar refractivity (Wildman–Crippen MR) is 84.3 cm³/mol. The zero-order chi connectivity index (χ0) is 13.1. The molecule has 0 spiro atoms. The molecule has 0 aliphatic carbocycles. The lowest BCUT2D eigenvalue weighted by Gasteiger charge is -2.08. The maximum Gasteiger partial charge on any atom is 0.123 e. The van der Waals surface area contributed by atoms with Crippen LogP contribution >= 0.6 is 0 Å². The van der Waals surface area contributed by atoms with Crippen molar-refractivity contribution < 1.29 is 0 Å². The normalized spacial score (nSPS) is 12.0. The van der Waals surface area contributed by atoms with E-state index in [0.29, 0.717) is 0 Å². The third kappa shape index (κ3) is 1.14. The molecule has 1 N–H and O–H groups in total. The molecule has 2 nitrogen and oxygen atoms in total. The molecule has 0 bridgehead atoms. The number of aromatic nitrogens is 2. The van der Waals surface area contributed by atoms with Crippen molar-refractivity contribution >= 4 is 38.2 Å². The van der Waals surface area contributed by atoms with Crippen LogP contribution in [0.4, 0.5) is 0 Å². The number of rotatable bonds is 0. The molecule has 0 fully saturated rings. The number of fused-ring (bicyclic) bond motifs is 4. The molecular weight excluding hydrogens is 244 g/mol. The molecule has 0 radical (unpaired) electrons. The van der Waals surface area contributed by atoms with Crippen LogP contribution in [0.2, 0.25) is 0 Å². The van der Waals surface area contributed by atoms with E-state index in [9.17, 15) is 0 Å². The Balaban J connectivity index is 2.20. The van der Waals surface area contributed by atoms with Crippen LogP contribution in [-0.2, 0) is 0 Å². The fourth-order valence-electron chi connectivity index (χ4n) is 3.23. The molecule has 0 saturated carbocycles. The summed E-state index contributed by atoms with van der Waals surface area (Å²) in [4.78, 5) is 3.59. The highest BCUT2D eigenvalue weighted by Gasteiger charge is 2.09. The number of H-pyrrole nitrogens is 1. The number of hydrogen-bond donors (Lipinski definition) is 1. The summed E-state index contributed by atoms with van der Waals surface area (Å²) in [5, 5.41) is 5.09. The first-order chi connectivity index (χ1) is 9.92. The maximum absolute atomic E-state index is 3.59. The summed E-state index contributed by atoms with van der Waals surface area (Å²) < 4.78 is 2.26. The van der Waals surface area contributed by atoms with Crippen molar-refractivity contribution in [2.75, 3.05) is 0 Å². The average molecular weight is 256 g/mol. The highest BCUT2D eigenvalue weighted by Crippen LogP contribution is 2.30. The molecule has 2 heteroatoms. The SMILES string of the molecule is c1ccc2c(c1)cn1c3cccc4cccc([nH]c21)c43. The Morgan fingerprint density at radius 1 is 0.750 bits per heavy atom. The fourth-order valence-corrected chi connectivity index (χ4v) is 3.23. The van der Waals surface area contributed by atoms with Gasteiger partial charge in [-0.3, -0.25) is 0 Å². The van der Waals surface area contributed by atoms with Crippen LogP contribution in [0.15, 0.2) is 66.9 Å². The first-order valence-electron chi connectivity index (χ1n) is 6.81. The molecule has 20 heavy (non-hydrogen) atoms. The van der Waals surface area contributed by atoms with E-state index in [0.717, 1.165) is 5.65 Å². The molecule has 0 aliphatic rings. The summed E-state index contributed by atoms with van der Waals surface area (Å²) in [6, 6.07) is 21.4. The van der Waals surface area contributed by atoms with Crippen LogP contribution in [0, 0.1) is 0 Å². The Bertz CT molecular complexity index is 1090. The number of aromatic amines is 1. The van der Waals surface area contributed by atoms with Crippen LogP contribution in [0.5, 0.6) is 0 Å². The van der Waals surface area contributed by atoms with Gasteiger partial charge in [0.1, 0.15) is 5.65 Å². The van der Waals surface area contributed by atoms with E-state index in [1.54, 1.807) is 0 Å². The van der Waals surface area contributed by atoms with Crippen molar-refractivity contribution in [1.82, 2.24) is 9.38 Å². The van der Waals surface area contributed by atoms with Gasteiger partial charge in [0.25, 0.3) is 0 Å². The van der Waals surface area contributed by atoms with E-state index < -0.39 is 0 Å². The largest absolute Gasteiger partial charge is 0.340 e. The molecule has 0 amide bonds. The minimum Gasteiger partial charge on any atom is -0.340 e. The Morgan fingerprint density at radius 3 is 2.50 bits per heavy atom. The van der Waals surface area contributed by atoms with E-state index in [-0.39, 0.29) is 0 Å². The second kappa shape index (κ2) is 3.42. The Labute approximate surface area is 115 Å². The minimum absolute atomic E-state index is 1.16. The van der Waals surface area contributed by atoms with E-state index in [2.05, 4.69) is 76.2 Å². The summed E-state index contributed by atoms with van der Waals surface area (Å²) in [5.41, 5.74) is 3.60. The van der Waals surface area contributed by atoms with Gasteiger partial charge in [-0.15, -0.1) is 0 Å². The van der Waals surface area contributed by atoms with Crippen molar-refractivity contribution in [3.05, 3.63) is 66.9 Å². The lowest BCUT2D eigenvalue weighted by Crippen LogP contribution is -1.92. The number of hydrogen-bond acceptors (Lipinski definition) is 0. The molecule has 0 atom stereocenters. The van der Waals surface area contributed by atoms with Crippen LogP contribution < -0.4 is 0 Å². The summed E-state index contributed by atoms with van der Waals surface area (Å²) in [6.07, 6.45) is 2.21. The van der Waals surface area contributed by atoms with Gasteiger partial charge in [-0.1, -0.05) is 48.5 Å². The fraction of sp³-hybridized carbons (Fsp3) is 0. The summed E-state index contributed by atoms with van der Waals surface area (Å²) in [5.74, 6) is 0. The standard InChI is InChI=1S/C18H12N2/c1-2-8-14-13(5-1)11-20-16-10-4-7-12-6-3-9-15(17(12)16)19-18(14)20/h1-11,19H. The first-order valence-corrected chi connectivity index (χ1v) is 6.81. The van der Waals surface area contributed by atoms with Gasteiger partial charge >= 0.3 is 0 Å². The van der Waals surface area contributed by atoms with Gasteiger partial charge < -0.3 is 9.38 Å². The van der Waals surface area contributed by atoms with Crippen molar-refractivity contribution in [3.63, 3.8) is 0 Å². The zero-order valence-electron chi connectivity index (χ0n) is 10.8. The highest BCUT2D eigenvalue weighted by atomic mass is 15.0. The topological polar surface area (TPSA) is 20.2 Å². The van der Waals surface area contributed by atoms with Crippen LogP contribution in [0.25, 0.3) is 38.2 Å². The second-order valence-electron chi connectivity index (χ2n) is 5.24. The van der Waals surface area contributed by atoms with Crippen LogP contribution in [0.1, 0.15) is 0 Å². The van der Waals surface area contributed by atoms with E-state index in [1.165, 1.54) is 32.6 Å². The van der Waals surface area contributed by atoms with Crippen molar-refractivity contribution in [3.8, 4) is 0 Å². The average Bonchev–Trinajstić information content (AvgIpc) is 2.87. The number of nitrogens with zero attached hydrogens (tertiary/aromatic N) is 1. The zero-order valence-corrected chi connectivity index (χ0v) is 10.8. The third-order valence-corrected chi connectivity index (χ3v) is 4.12. The molecule has 2 aromatic heterocycles. The van der Waals surface area contributed by atoms with E-state index in [1.807, 2.05) is 0 Å². The third-order valence-electron chi connectivity index (χ3n) is 4.12. The summed E-state index contributed by atoms with van der Waals surface area (Å²) >= 11 is 0. The minimum atomic E-state index is 1.16. The molecule has 0 saturated heterocycles. The molecule has 5 rings (SSSR count). The Hall–Kier alpha value is -2.74. The highest BCUT2D eigenvalue weighted by molar-refractivity contribution is 6.10. The van der Waals surface area contributed by atoms with E-state index in [4.69, 9.17) is 0 Å². The molecule has 0 aliphatic heterocycles. The molecule has 5 aromatic rings. The van der Waals surface area contributed by atoms with Gasteiger partial charge in [-0.25, -0.2) is 0 Å². The molecule has 94 valence electrons. The van der Waals surface area contributed by atoms with Gasteiger partial charge in [0.15, 0.2) is 0 Å². The quantitative estimate of drug-likeness (QED) is 0.413. The molecular formula is C18H12N2. The first kappa shape index (κ1) is 10.1. The van der Waals surface area contributed by atoms with Crippen molar-refractivity contribution in [1.29, 1.82) is 0 Å². The summed E-state index contributed by atoms with van der Waals surface area (Å²) in [7, 11) is 0. The monoisotopic (exact) mass is 256 g/mol. The Kier molecular flexibility index (Phi) is 1.73. The van der Waals surface area contributed by atoms with Gasteiger partial charge in [0.2, 0.25) is 0 Å². The lowest BCUT2D eigenvalue weighted by atomic mass is 10.1. The smallest absolute Gasteiger partial charge is 0.123 e. The van der Waals surface area contributed by atoms with E-state index >= 15 is 0 Å². The maximum atomic E-state index is 3.59. The van der Waals surface area contributed by atoms with Gasteiger partial charge in [-0.2, -0.15) is 0 Å². The number of benzene rings is 3. The lowest BCUT2D eigenvalue weighted by molar-refractivity contribution is 1.23. The van der Waals surface area contributed by atoms with Gasteiger partial charge in [-0.05, 0) is 17.5 Å². The van der Waals surface area contributed by atoms with Crippen molar-refractivity contribution in [2.45, 2.75) is 0 Å². The molecule has 0 unspecified atom stereocenters. The van der Waals surface area contributed by atoms with Crippen molar-refractivity contribution in [2.24, 2.45) is 0 Å². The van der Waals surface area contributed by atoms with Crippen LogP contribution in [-0.4, -0.2) is 9.38 Å². The molecule has 2 heterocycles. The summed E-state index contributed by atoms with van der Waals surface area (Å²) in [6.45, 7) is 0. The second-order valence-corrected chi connectivity index (χ2v) is 5.24. The van der Waals surface area contributed by atoms with Gasteiger partial charge in [0.05, 0.1) is 5.52 Å².